The first-order valence-electron chi connectivity index (χ1n) is 13.6. The van der Waals surface area contributed by atoms with Gasteiger partial charge in [-0.1, -0.05) is 18.2 Å². The molecule has 1 amide bonds. The molecule has 4 aliphatic heterocycles. The van der Waals surface area contributed by atoms with Crippen LogP contribution in [0.25, 0.3) is 0 Å². The van der Waals surface area contributed by atoms with Gasteiger partial charge in [0.15, 0.2) is 0 Å². The molecule has 3 saturated heterocycles. The molecule has 2 unspecified atom stereocenters. The largest absolute Gasteiger partial charge is 0.508 e. The lowest BCUT2D eigenvalue weighted by Crippen LogP contribution is -2.61. The molecule has 11 heteroatoms. The number of phenols is 1. The number of amides is 1. The van der Waals surface area contributed by atoms with Gasteiger partial charge in [-0.25, -0.2) is 0 Å². The van der Waals surface area contributed by atoms with Crippen molar-refractivity contribution in [2.75, 3.05) is 51.4 Å². The highest BCUT2D eigenvalue weighted by molar-refractivity contribution is 6.31. The number of likely N-dealkylation sites (N-methyl/N-ethyl adjacent to an activating group) is 1. The number of hydrogen-bond acceptors (Lipinski definition) is 9. The number of benzene rings is 1. The first-order valence-corrected chi connectivity index (χ1v) is 14.0. The van der Waals surface area contributed by atoms with E-state index < -0.39 is 0 Å². The van der Waals surface area contributed by atoms with Crippen LogP contribution in [0, 0.1) is 0 Å². The fraction of sp³-hybridized carbons (Fsp3) is 0.536. The lowest BCUT2D eigenvalue weighted by atomic mass is 10.0. The molecule has 2 aromatic rings. The van der Waals surface area contributed by atoms with Crippen molar-refractivity contribution in [2.24, 2.45) is 0 Å². The van der Waals surface area contributed by atoms with Crippen molar-refractivity contribution in [1.82, 2.24) is 24.7 Å². The van der Waals surface area contributed by atoms with Gasteiger partial charge in [0.1, 0.15) is 18.2 Å². The van der Waals surface area contributed by atoms with Gasteiger partial charge < -0.3 is 29.3 Å². The highest BCUT2D eigenvalue weighted by Crippen LogP contribution is 2.37. The molecule has 1 aromatic heterocycles. The SMILES string of the molecule is C=CC(=O)N1CCN(c2nc(OC[C@@H]3CCCN3C)nc3c2CN(Cc2cc(O)ccc2Cl)C3)C2COCC21. The van der Waals surface area contributed by atoms with E-state index in [0.29, 0.717) is 69.6 Å². The standard InChI is InChI=1S/C28H35ClN6O4/c1-3-26(37)34-9-10-35(25-17-38-16-24(25)34)27-21-13-33(12-18-11-20(36)6-7-22(18)29)14-23(21)30-28(31-27)39-15-19-5-4-8-32(19)2/h3,6-7,11,19,24-25,36H,1,4-5,8-10,12-17H2,2H3/t19-,24?,25?/m0/s1. The summed E-state index contributed by atoms with van der Waals surface area (Å²) >= 11 is 6.44. The van der Waals surface area contributed by atoms with E-state index in [1.54, 1.807) is 18.2 Å². The van der Waals surface area contributed by atoms with Crippen molar-refractivity contribution in [1.29, 1.82) is 0 Å². The zero-order valence-corrected chi connectivity index (χ0v) is 23.0. The van der Waals surface area contributed by atoms with E-state index in [1.807, 2.05) is 4.90 Å². The summed E-state index contributed by atoms with van der Waals surface area (Å²) in [6.45, 7) is 9.37. The Labute approximate surface area is 233 Å². The van der Waals surface area contributed by atoms with Gasteiger partial charge in [-0.2, -0.15) is 9.97 Å². The second kappa shape index (κ2) is 10.9. The van der Waals surface area contributed by atoms with E-state index in [0.717, 1.165) is 35.6 Å². The Morgan fingerprint density at radius 3 is 2.87 bits per heavy atom. The number of halogens is 1. The summed E-state index contributed by atoms with van der Waals surface area (Å²) in [5, 5.41) is 10.6. The second-order valence-corrected chi connectivity index (χ2v) is 11.3. The number of hydrogen-bond donors (Lipinski definition) is 1. The predicted molar refractivity (Wildman–Crippen MR) is 147 cm³/mol. The summed E-state index contributed by atoms with van der Waals surface area (Å²) in [6, 6.07) is 5.70. The fourth-order valence-corrected chi connectivity index (χ4v) is 6.48. The van der Waals surface area contributed by atoms with Crippen LogP contribution in [-0.4, -0.2) is 100 Å². The summed E-state index contributed by atoms with van der Waals surface area (Å²) in [5.74, 6) is 0.978. The normalized spacial score (nSPS) is 25.1. The molecule has 0 bridgehead atoms. The van der Waals surface area contributed by atoms with Crippen molar-refractivity contribution in [2.45, 2.75) is 50.6 Å². The maximum absolute atomic E-state index is 12.5. The zero-order chi connectivity index (χ0) is 27.1. The van der Waals surface area contributed by atoms with Crippen LogP contribution >= 0.6 is 11.6 Å². The van der Waals surface area contributed by atoms with Crippen molar-refractivity contribution in [3.8, 4) is 11.8 Å². The number of carbonyl (C=O) groups is 1. The van der Waals surface area contributed by atoms with Crippen LogP contribution in [0.2, 0.25) is 5.02 Å². The first-order chi connectivity index (χ1) is 18.9. The summed E-state index contributed by atoms with van der Waals surface area (Å²) in [7, 11) is 2.13. The van der Waals surface area contributed by atoms with Gasteiger partial charge in [0.25, 0.3) is 0 Å². The molecule has 3 fully saturated rings. The molecule has 0 radical (unpaired) electrons. The molecule has 4 aliphatic rings. The maximum Gasteiger partial charge on any atom is 0.318 e. The molecule has 5 heterocycles. The van der Waals surface area contributed by atoms with Crippen LogP contribution in [0.15, 0.2) is 30.9 Å². The van der Waals surface area contributed by atoms with E-state index in [2.05, 4.69) is 28.3 Å². The molecule has 0 aliphatic carbocycles. The van der Waals surface area contributed by atoms with E-state index in [-0.39, 0.29) is 23.7 Å². The van der Waals surface area contributed by atoms with E-state index >= 15 is 0 Å². The Morgan fingerprint density at radius 1 is 1.23 bits per heavy atom. The number of fused-ring (bicyclic) bond motifs is 2. The molecule has 6 rings (SSSR count). The average Bonchev–Trinajstić information content (AvgIpc) is 3.68. The number of ether oxygens (including phenoxy) is 2. The third-order valence-corrected chi connectivity index (χ3v) is 8.81. The van der Waals surface area contributed by atoms with Crippen molar-refractivity contribution in [3.63, 3.8) is 0 Å². The summed E-state index contributed by atoms with van der Waals surface area (Å²) < 4.78 is 12.1. The third-order valence-electron chi connectivity index (χ3n) is 8.44. The van der Waals surface area contributed by atoms with Gasteiger partial charge in [0.05, 0.1) is 31.0 Å². The summed E-state index contributed by atoms with van der Waals surface area (Å²) in [5.41, 5.74) is 2.86. The van der Waals surface area contributed by atoms with Gasteiger partial charge >= 0.3 is 6.01 Å². The van der Waals surface area contributed by atoms with Gasteiger partial charge in [-0.15, -0.1) is 0 Å². The fourth-order valence-electron chi connectivity index (χ4n) is 6.30. The number of carbonyl (C=O) groups excluding carboxylic acids is 1. The number of likely N-dealkylation sites (tertiary alicyclic amines) is 1. The lowest BCUT2D eigenvalue weighted by molar-refractivity contribution is -0.129. The zero-order valence-electron chi connectivity index (χ0n) is 22.3. The number of piperazine rings is 1. The van der Waals surface area contributed by atoms with E-state index in [4.69, 9.17) is 31.0 Å². The molecular weight excluding hydrogens is 520 g/mol. The molecular formula is C28H35ClN6O4. The number of anilines is 1. The smallest absolute Gasteiger partial charge is 0.318 e. The van der Waals surface area contributed by atoms with Crippen molar-refractivity contribution >= 4 is 23.3 Å². The molecule has 1 N–H and O–H groups in total. The Bertz CT molecular complexity index is 1260. The number of rotatable bonds is 7. The number of nitrogens with zero attached hydrogens (tertiary/aromatic N) is 6. The Balaban J connectivity index is 1.29. The minimum absolute atomic E-state index is 0.00923. The first kappa shape index (κ1) is 26.3. The van der Waals surface area contributed by atoms with Crippen LogP contribution in [0.3, 0.4) is 0 Å². The molecule has 3 atom stereocenters. The van der Waals surface area contributed by atoms with Gasteiger partial charge in [-0.3, -0.25) is 9.69 Å². The lowest BCUT2D eigenvalue weighted by Gasteiger charge is -2.44. The molecule has 1 aromatic carbocycles. The minimum Gasteiger partial charge on any atom is -0.508 e. The highest BCUT2D eigenvalue weighted by Gasteiger charge is 2.44. The molecule has 39 heavy (non-hydrogen) atoms. The van der Waals surface area contributed by atoms with Crippen molar-refractivity contribution < 1.29 is 19.4 Å². The maximum atomic E-state index is 12.5. The van der Waals surface area contributed by atoms with Gasteiger partial charge in [0, 0.05) is 49.4 Å². The monoisotopic (exact) mass is 554 g/mol. The van der Waals surface area contributed by atoms with E-state index in [9.17, 15) is 9.90 Å². The topological polar surface area (TPSA) is 94.5 Å². The second-order valence-electron chi connectivity index (χ2n) is 10.9. The minimum atomic E-state index is -0.0676. The number of aromatic nitrogens is 2. The molecule has 208 valence electrons. The molecule has 0 saturated carbocycles. The number of aromatic hydroxyl groups is 1. The number of phenolic OH excluding ortho intramolecular Hbond substituents is 1. The summed E-state index contributed by atoms with van der Waals surface area (Å²) in [6.07, 6.45) is 3.65. The van der Waals surface area contributed by atoms with Crippen LogP contribution < -0.4 is 9.64 Å². The molecule has 0 spiro atoms. The van der Waals surface area contributed by atoms with E-state index in [1.165, 1.54) is 12.5 Å². The van der Waals surface area contributed by atoms with Crippen LogP contribution in [0.5, 0.6) is 11.8 Å². The Morgan fingerprint density at radius 2 is 2.08 bits per heavy atom. The average molecular weight is 555 g/mol. The van der Waals surface area contributed by atoms with Gasteiger partial charge in [-0.05, 0) is 56.3 Å². The van der Waals surface area contributed by atoms with Crippen LogP contribution in [0.4, 0.5) is 5.82 Å². The van der Waals surface area contributed by atoms with Crippen molar-refractivity contribution in [3.05, 3.63) is 52.7 Å². The Hall–Kier alpha value is -2.92. The molecule has 10 nitrogen and oxygen atoms in total. The van der Waals surface area contributed by atoms with Gasteiger partial charge in [0.2, 0.25) is 5.91 Å². The Kier molecular flexibility index (Phi) is 7.37. The van der Waals surface area contributed by atoms with Crippen LogP contribution in [-0.2, 0) is 29.2 Å². The predicted octanol–water partition coefficient (Wildman–Crippen LogP) is 2.43. The van der Waals surface area contributed by atoms with Crippen LogP contribution in [0.1, 0.15) is 29.7 Å². The highest BCUT2D eigenvalue weighted by atomic mass is 35.5. The third kappa shape index (κ3) is 5.18. The summed E-state index contributed by atoms with van der Waals surface area (Å²) in [4.78, 5) is 31.1. The quantitative estimate of drug-likeness (QED) is 0.518.